The quantitative estimate of drug-likeness (QED) is 0.838. The second-order valence-electron chi connectivity index (χ2n) is 6.51. The van der Waals surface area contributed by atoms with Gasteiger partial charge in [0, 0.05) is 25.2 Å². The first-order chi connectivity index (χ1) is 12.9. The van der Waals surface area contributed by atoms with Crippen LogP contribution in [0.15, 0.2) is 42.5 Å². The van der Waals surface area contributed by atoms with Crippen molar-refractivity contribution >= 4 is 11.9 Å². The van der Waals surface area contributed by atoms with E-state index in [1.165, 1.54) is 12.0 Å². The van der Waals surface area contributed by atoms with Gasteiger partial charge in [0.2, 0.25) is 0 Å². The van der Waals surface area contributed by atoms with Gasteiger partial charge >= 0.3 is 5.97 Å². The van der Waals surface area contributed by atoms with Crippen LogP contribution < -0.4 is 0 Å². The van der Waals surface area contributed by atoms with Crippen LogP contribution in [0.2, 0.25) is 0 Å². The molecule has 0 aromatic heterocycles. The van der Waals surface area contributed by atoms with Gasteiger partial charge in [-0.05, 0) is 18.4 Å². The average Bonchev–Trinajstić information content (AvgIpc) is 2.67. The van der Waals surface area contributed by atoms with Crippen molar-refractivity contribution in [2.75, 3.05) is 20.2 Å². The number of phenolic OH excluding ortho intramolecular Hbond substituents is 1. The van der Waals surface area contributed by atoms with Crippen LogP contribution in [0, 0.1) is 11.6 Å². The summed E-state index contributed by atoms with van der Waals surface area (Å²) in [6.45, 7) is 0.332. The number of hydrogen-bond acceptors (Lipinski definition) is 4. The summed E-state index contributed by atoms with van der Waals surface area (Å²) in [5.41, 5.74) is -0.669. The first-order valence-corrected chi connectivity index (χ1v) is 8.50. The number of ether oxygens (including phenoxy) is 1. The first kappa shape index (κ1) is 18.8. The van der Waals surface area contributed by atoms with Crippen LogP contribution in [-0.2, 0) is 14.9 Å². The molecule has 1 aliphatic rings. The van der Waals surface area contributed by atoms with Gasteiger partial charge in [-0.3, -0.25) is 9.59 Å². The Morgan fingerprint density at radius 1 is 1.11 bits per heavy atom. The Morgan fingerprint density at radius 3 is 2.30 bits per heavy atom. The summed E-state index contributed by atoms with van der Waals surface area (Å²) >= 11 is 0. The molecule has 0 bridgehead atoms. The van der Waals surface area contributed by atoms with E-state index >= 15 is 0 Å². The summed E-state index contributed by atoms with van der Waals surface area (Å²) in [6, 6.07) is 10.4. The molecule has 1 saturated heterocycles. The summed E-state index contributed by atoms with van der Waals surface area (Å²) < 4.78 is 32.1. The number of carbonyl (C=O) groups excluding carboxylic acids is 2. The van der Waals surface area contributed by atoms with Crippen molar-refractivity contribution in [1.29, 1.82) is 0 Å². The van der Waals surface area contributed by atoms with Crippen LogP contribution in [0.1, 0.15) is 28.8 Å². The van der Waals surface area contributed by atoms with Gasteiger partial charge in [-0.1, -0.05) is 30.3 Å². The van der Waals surface area contributed by atoms with E-state index in [0.717, 1.165) is 5.56 Å². The predicted molar refractivity (Wildman–Crippen MR) is 93.3 cm³/mol. The second-order valence-corrected chi connectivity index (χ2v) is 6.51. The van der Waals surface area contributed by atoms with Crippen molar-refractivity contribution in [2.24, 2.45) is 0 Å². The van der Waals surface area contributed by atoms with E-state index in [-0.39, 0.29) is 13.1 Å². The molecule has 0 unspecified atom stereocenters. The summed E-state index contributed by atoms with van der Waals surface area (Å²) in [5.74, 6) is -3.96. The molecule has 1 heterocycles. The lowest BCUT2D eigenvalue weighted by Gasteiger charge is -2.40. The molecule has 142 valence electrons. The number of piperidine rings is 1. The maximum atomic E-state index is 14.0. The molecular formula is C20H19F2NO4. The molecule has 7 heteroatoms. The van der Waals surface area contributed by atoms with Crippen LogP contribution in [0.3, 0.4) is 0 Å². The van der Waals surface area contributed by atoms with E-state index in [4.69, 9.17) is 4.74 Å². The molecule has 27 heavy (non-hydrogen) atoms. The largest absolute Gasteiger partial charge is 0.507 e. The van der Waals surface area contributed by atoms with Crippen molar-refractivity contribution in [3.8, 4) is 5.75 Å². The number of methoxy groups -OCH3 is 1. The van der Waals surface area contributed by atoms with E-state index in [2.05, 4.69) is 0 Å². The third-order valence-electron chi connectivity index (χ3n) is 5.05. The molecule has 0 radical (unpaired) electrons. The number of halogens is 2. The highest BCUT2D eigenvalue weighted by molar-refractivity contribution is 5.97. The van der Waals surface area contributed by atoms with Gasteiger partial charge in [0.05, 0.1) is 12.5 Å². The van der Waals surface area contributed by atoms with Gasteiger partial charge in [-0.15, -0.1) is 0 Å². The molecule has 2 aromatic rings. The Bertz CT molecular complexity index is 839. The summed E-state index contributed by atoms with van der Waals surface area (Å²) in [4.78, 5) is 26.5. The van der Waals surface area contributed by atoms with Gasteiger partial charge in [-0.2, -0.15) is 0 Å². The topological polar surface area (TPSA) is 66.8 Å². The first-order valence-electron chi connectivity index (χ1n) is 8.50. The lowest BCUT2D eigenvalue weighted by atomic mass is 9.72. The zero-order chi connectivity index (χ0) is 19.6. The number of phenols is 1. The molecule has 0 saturated carbocycles. The highest BCUT2D eigenvalue weighted by Gasteiger charge is 2.45. The number of rotatable bonds is 3. The smallest absolute Gasteiger partial charge is 0.316 e. The van der Waals surface area contributed by atoms with Crippen molar-refractivity contribution < 1.29 is 28.2 Å². The Labute approximate surface area is 155 Å². The highest BCUT2D eigenvalue weighted by Crippen LogP contribution is 2.37. The van der Waals surface area contributed by atoms with Gasteiger partial charge in [0.1, 0.15) is 22.9 Å². The van der Waals surface area contributed by atoms with Crippen molar-refractivity contribution in [3.63, 3.8) is 0 Å². The molecule has 5 nitrogen and oxygen atoms in total. The SMILES string of the molecule is COC(=O)C1(c2ccccc2)CCN(C(=O)c2c(O)cc(F)cc2F)CC1. The van der Waals surface area contributed by atoms with E-state index in [9.17, 15) is 23.5 Å². The van der Waals surface area contributed by atoms with E-state index in [0.29, 0.717) is 25.0 Å². The fourth-order valence-electron chi connectivity index (χ4n) is 3.58. The second kappa shape index (κ2) is 7.34. The normalized spacial score (nSPS) is 16.0. The maximum Gasteiger partial charge on any atom is 0.316 e. The Hall–Kier alpha value is -2.96. The molecule has 2 aromatic carbocycles. The van der Waals surface area contributed by atoms with E-state index in [1.54, 1.807) is 0 Å². The molecule has 3 rings (SSSR count). The minimum atomic E-state index is -1.12. The maximum absolute atomic E-state index is 14.0. The molecule has 1 aliphatic heterocycles. The fourth-order valence-corrected chi connectivity index (χ4v) is 3.58. The Kier molecular flexibility index (Phi) is 5.12. The molecule has 1 fully saturated rings. The van der Waals surface area contributed by atoms with E-state index in [1.807, 2.05) is 30.3 Å². The van der Waals surface area contributed by atoms with Crippen LogP contribution in [0.25, 0.3) is 0 Å². The number of carbonyl (C=O) groups is 2. The summed E-state index contributed by atoms with van der Waals surface area (Å²) in [5, 5.41) is 9.78. The number of esters is 1. The molecule has 0 spiro atoms. The zero-order valence-electron chi connectivity index (χ0n) is 14.7. The molecule has 1 amide bonds. The van der Waals surface area contributed by atoms with Gasteiger partial charge < -0.3 is 14.7 Å². The summed E-state index contributed by atoms with van der Waals surface area (Å²) in [6.07, 6.45) is 0.581. The average molecular weight is 375 g/mol. The van der Waals surface area contributed by atoms with Crippen LogP contribution >= 0.6 is 0 Å². The standard InChI is InChI=1S/C20H19F2NO4/c1-27-19(26)20(13-5-3-2-4-6-13)7-9-23(10-8-20)18(25)17-15(22)11-14(21)12-16(17)24/h2-6,11-12,24H,7-10H2,1H3. The lowest BCUT2D eigenvalue weighted by molar-refractivity contribution is -0.149. The minimum absolute atomic E-state index is 0.166. The summed E-state index contributed by atoms with van der Waals surface area (Å²) in [7, 11) is 1.32. The zero-order valence-corrected chi connectivity index (χ0v) is 14.7. The van der Waals surface area contributed by atoms with Crippen LogP contribution in [0.4, 0.5) is 8.78 Å². The Morgan fingerprint density at radius 2 is 1.74 bits per heavy atom. The molecule has 0 atom stereocenters. The minimum Gasteiger partial charge on any atom is -0.507 e. The molecular weight excluding hydrogens is 356 g/mol. The third-order valence-corrected chi connectivity index (χ3v) is 5.05. The van der Waals surface area contributed by atoms with Gasteiger partial charge in [0.15, 0.2) is 0 Å². The number of amides is 1. The van der Waals surface area contributed by atoms with Crippen molar-refractivity contribution in [2.45, 2.75) is 18.3 Å². The predicted octanol–water partition coefficient (Wildman–Crippen LogP) is 3.02. The Balaban J connectivity index is 1.85. The van der Waals surface area contributed by atoms with Crippen LogP contribution in [0.5, 0.6) is 5.75 Å². The number of benzene rings is 2. The van der Waals surface area contributed by atoms with Gasteiger partial charge in [0.25, 0.3) is 5.91 Å². The monoisotopic (exact) mass is 375 g/mol. The number of nitrogens with zero attached hydrogens (tertiary/aromatic N) is 1. The molecule has 1 N–H and O–H groups in total. The van der Waals surface area contributed by atoms with Gasteiger partial charge in [-0.25, -0.2) is 8.78 Å². The lowest BCUT2D eigenvalue weighted by Crippen LogP contribution is -2.49. The number of likely N-dealkylation sites (tertiary alicyclic amines) is 1. The van der Waals surface area contributed by atoms with Crippen molar-refractivity contribution in [3.05, 3.63) is 65.2 Å². The fraction of sp³-hybridized carbons (Fsp3) is 0.300. The third kappa shape index (κ3) is 3.37. The van der Waals surface area contributed by atoms with E-state index < -0.39 is 40.2 Å². The number of hydrogen-bond donors (Lipinski definition) is 1. The molecule has 0 aliphatic carbocycles. The van der Waals surface area contributed by atoms with Crippen LogP contribution in [-0.4, -0.2) is 42.1 Å². The highest BCUT2D eigenvalue weighted by atomic mass is 19.1. The van der Waals surface area contributed by atoms with Crippen molar-refractivity contribution in [1.82, 2.24) is 4.90 Å². The number of aromatic hydroxyl groups is 1.